The van der Waals surface area contributed by atoms with Crippen molar-refractivity contribution in [3.05, 3.63) is 57.7 Å². The number of H-pyrrole nitrogens is 1. The van der Waals surface area contributed by atoms with Crippen LogP contribution in [0.3, 0.4) is 0 Å². The van der Waals surface area contributed by atoms with Gasteiger partial charge in [-0.1, -0.05) is 41.5 Å². The predicted molar refractivity (Wildman–Crippen MR) is 125 cm³/mol. The molecule has 0 bridgehead atoms. The normalized spacial score (nSPS) is 16.8. The second kappa shape index (κ2) is 7.45. The van der Waals surface area contributed by atoms with Crippen molar-refractivity contribution in [1.29, 1.82) is 0 Å². The Morgan fingerprint density at radius 2 is 2.04 bits per heavy atom. The number of thioether (sulfide) groups is 1. The number of hydrogen-bond acceptors (Lipinski definition) is 4. The molecule has 2 aromatic heterocycles. The van der Waals surface area contributed by atoms with Crippen LogP contribution in [0.4, 0.5) is 5.13 Å². The third-order valence-corrected chi connectivity index (χ3v) is 7.81. The summed E-state index contributed by atoms with van der Waals surface area (Å²) < 4.78 is 1.14. The first kappa shape index (κ1) is 18.6. The zero-order valence-corrected chi connectivity index (χ0v) is 18.5. The van der Waals surface area contributed by atoms with Gasteiger partial charge in [-0.15, -0.1) is 0 Å². The SMILES string of the molecule is CCSCC1CN(c2nc3ccc(Cl)cc3s2)Cc2[nH]c3ccc(Cl)cc3c21. The molecule has 1 aliphatic heterocycles. The minimum Gasteiger partial charge on any atom is -0.357 e. The van der Waals surface area contributed by atoms with Gasteiger partial charge in [0.15, 0.2) is 5.13 Å². The van der Waals surface area contributed by atoms with Crippen LogP contribution in [0, 0.1) is 0 Å². The summed E-state index contributed by atoms with van der Waals surface area (Å²) in [6, 6.07) is 12.1. The molecule has 0 amide bonds. The average molecular weight is 448 g/mol. The van der Waals surface area contributed by atoms with E-state index in [-0.39, 0.29) is 0 Å². The van der Waals surface area contributed by atoms with Crippen molar-refractivity contribution in [3.8, 4) is 0 Å². The van der Waals surface area contributed by atoms with Crippen LogP contribution in [-0.2, 0) is 6.54 Å². The lowest BCUT2D eigenvalue weighted by Gasteiger charge is -2.33. The van der Waals surface area contributed by atoms with Crippen molar-refractivity contribution in [2.75, 3.05) is 23.0 Å². The molecule has 0 saturated carbocycles. The molecule has 4 aromatic rings. The number of rotatable bonds is 4. The topological polar surface area (TPSA) is 31.9 Å². The van der Waals surface area contributed by atoms with Gasteiger partial charge in [0, 0.05) is 44.9 Å². The number of nitrogens with zero attached hydrogens (tertiary/aromatic N) is 2. The summed E-state index contributed by atoms with van der Waals surface area (Å²) in [5.41, 5.74) is 4.89. The van der Waals surface area contributed by atoms with Crippen molar-refractivity contribution in [2.24, 2.45) is 0 Å². The summed E-state index contributed by atoms with van der Waals surface area (Å²) in [7, 11) is 0. The molecule has 5 rings (SSSR count). The van der Waals surface area contributed by atoms with Crippen LogP contribution in [0.25, 0.3) is 21.1 Å². The molecule has 7 heteroatoms. The molecular weight excluding hydrogens is 429 g/mol. The van der Waals surface area contributed by atoms with Crippen LogP contribution in [-0.4, -0.2) is 28.0 Å². The standard InChI is InChI=1S/C21H19Cl2N3S2/c1-2-27-11-12-9-26(21-25-17-6-4-14(23)8-19(17)28-21)10-18-20(12)15-7-13(22)3-5-16(15)24-18/h3-8,12,24H,2,9-11H2,1H3. The quantitative estimate of drug-likeness (QED) is 0.367. The van der Waals surface area contributed by atoms with Gasteiger partial charge in [-0.2, -0.15) is 11.8 Å². The maximum Gasteiger partial charge on any atom is 0.186 e. The Bertz CT molecular complexity index is 1170. The Labute approximate surface area is 182 Å². The molecule has 0 saturated heterocycles. The van der Waals surface area contributed by atoms with Crippen LogP contribution >= 0.6 is 46.3 Å². The number of aromatic amines is 1. The van der Waals surface area contributed by atoms with E-state index in [1.54, 1.807) is 11.3 Å². The molecule has 1 N–H and O–H groups in total. The minimum absolute atomic E-state index is 0.441. The molecule has 0 aliphatic carbocycles. The van der Waals surface area contributed by atoms with E-state index in [9.17, 15) is 0 Å². The number of hydrogen-bond donors (Lipinski definition) is 1. The van der Waals surface area contributed by atoms with Gasteiger partial charge in [0.1, 0.15) is 0 Å². The average Bonchev–Trinajstić information content (AvgIpc) is 3.26. The zero-order chi connectivity index (χ0) is 19.3. The van der Waals surface area contributed by atoms with Gasteiger partial charge in [0.2, 0.25) is 0 Å². The van der Waals surface area contributed by atoms with Gasteiger partial charge in [0.05, 0.1) is 16.8 Å². The fourth-order valence-electron chi connectivity index (χ4n) is 4.01. The fraction of sp³-hybridized carbons (Fsp3) is 0.286. The van der Waals surface area contributed by atoms with Gasteiger partial charge >= 0.3 is 0 Å². The molecule has 3 nitrogen and oxygen atoms in total. The van der Waals surface area contributed by atoms with Crippen molar-refractivity contribution in [3.63, 3.8) is 0 Å². The van der Waals surface area contributed by atoms with Crippen LogP contribution in [0.2, 0.25) is 10.0 Å². The highest BCUT2D eigenvalue weighted by molar-refractivity contribution is 7.99. The first-order valence-corrected chi connectivity index (χ1v) is 12.0. The highest BCUT2D eigenvalue weighted by Gasteiger charge is 2.30. The monoisotopic (exact) mass is 447 g/mol. The zero-order valence-electron chi connectivity index (χ0n) is 15.3. The van der Waals surface area contributed by atoms with E-state index >= 15 is 0 Å². The summed E-state index contributed by atoms with van der Waals surface area (Å²) in [4.78, 5) is 10.9. The molecule has 1 aliphatic rings. The van der Waals surface area contributed by atoms with Crippen LogP contribution in [0.15, 0.2) is 36.4 Å². The Morgan fingerprint density at radius 3 is 2.89 bits per heavy atom. The summed E-state index contributed by atoms with van der Waals surface area (Å²) in [6.07, 6.45) is 0. The highest BCUT2D eigenvalue weighted by atomic mass is 35.5. The molecule has 3 heterocycles. The van der Waals surface area contributed by atoms with E-state index in [4.69, 9.17) is 28.2 Å². The summed E-state index contributed by atoms with van der Waals surface area (Å²) >= 11 is 16.2. The molecule has 1 unspecified atom stereocenters. The lowest BCUT2D eigenvalue weighted by molar-refractivity contribution is 0.642. The third-order valence-electron chi connectivity index (χ3n) is 5.21. The molecule has 0 spiro atoms. The maximum atomic E-state index is 6.30. The second-order valence-electron chi connectivity index (χ2n) is 7.05. The van der Waals surface area contributed by atoms with Gasteiger partial charge < -0.3 is 9.88 Å². The van der Waals surface area contributed by atoms with E-state index in [0.717, 1.165) is 50.0 Å². The van der Waals surface area contributed by atoms with Gasteiger partial charge in [-0.25, -0.2) is 4.98 Å². The van der Waals surface area contributed by atoms with Crippen LogP contribution in [0.5, 0.6) is 0 Å². The third kappa shape index (κ3) is 3.28. The lowest BCUT2D eigenvalue weighted by atomic mass is 9.93. The molecule has 28 heavy (non-hydrogen) atoms. The molecular formula is C21H19Cl2N3S2. The first-order valence-electron chi connectivity index (χ1n) is 9.31. The highest BCUT2D eigenvalue weighted by Crippen LogP contribution is 2.40. The first-order chi connectivity index (χ1) is 13.6. The Kier molecular flexibility index (Phi) is 4.95. The largest absolute Gasteiger partial charge is 0.357 e. The number of fused-ring (bicyclic) bond motifs is 4. The number of aromatic nitrogens is 2. The number of thiazole rings is 1. The lowest BCUT2D eigenvalue weighted by Crippen LogP contribution is -2.34. The smallest absolute Gasteiger partial charge is 0.186 e. The summed E-state index contributed by atoms with van der Waals surface area (Å²) in [5, 5.41) is 3.88. The van der Waals surface area contributed by atoms with Crippen LogP contribution in [0.1, 0.15) is 24.1 Å². The predicted octanol–water partition coefficient (Wildman–Crippen LogP) is 6.94. The fourth-order valence-corrected chi connectivity index (χ4v) is 6.22. The second-order valence-corrected chi connectivity index (χ2v) is 10.3. The van der Waals surface area contributed by atoms with Crippen molar-refractivity contribution in [1.82, 2.24) is 9.97 Å². The van der Waals surface area contributed by atoms with Gasteiger partial charge in [-0.3, -0.25) is 0 Å². The van der Waals surface area contributed by atoms with Crippen LogP contribution < -0.4 is 4.90 Å². The summed E-state index contributed by atoms with van der Waals surface area (Å²) in [6.45, 7) is 4.02. The Balaban J connectivity index is 1.57. The minimum atomic E-state index is 0.441. The van der Waals surface area contributed by atoms with Crippen molar-refractivity contribution < 1.29 is 0 Å². The molecule has 0 radical (unpaired) electrons. The molecule has 2 aromatic carbocycles. The molecule has 1 atom stereocenters. The van der Waals surface area contributed by atoms with Crippen molar-refractivity contribution >= 4 is 72.6 Å². The number of halogens is 2. The number of benzene rings is 2. The van der Waals surface area contributed by atoms with E-state index < -0.39 is 0 Å². The molecule has 144 valence electrons. The van der Waals surface area contributed by atoms with E-state index in [1.807, 2.05) is 36.0 Å². The molecule has 0 fully saturated rings. The maximum absolute atomic E-state index is 6.30. The van der Waals surface area contributed by atoms with E-state index in [0.29, 0.717) is 5.92 Å². The van der Waals surface area contributed by atoms with E-state index in [2.05, 4.69) is 28.9 Å². The van der Waals surface area contributed by atoms with Gasteiger partial charge in [-0.05, 0) is 47.7 Å². The Morgan fingerprint density at radius 1 is 1.21 bits per heavy atom. The number of nitrogens with one attached hydrogen (secondary N) is 1. The summed E-state index contributed by atoms with van der Waals surface area (Å²) in [5.74, 6) is 2.65. The number of anilines is 1. The van der Waals surface area contributed by atoms with Gasteiger partial charge in [0.25, 0.3) is 0 Å². The van der Waals surface area contributed by atoms with Crippen molar-refractivity contribution in [2.45, 2.75) is 19.4 Å². The van der Waals surface area contributed by atoms with E-state index in [1.165, 1.54) is 22.2 Å². The Hall–Kier alpha value is -1.40.